The van der Waals surface area contributed by atoms with Crippen LogP contribution in [0.25, 0.3) is 5.69 Å². The van der Waals surface area contributed by atoms with Crippen LogP contribution < -0.4 is 5.32 Å². The standard InChI is InChI=1S/C19H14ClF3N4O/c20-14-3-1-2-12(8-14)18(6-7-18)17(28)26-15-9-13(19(21,22)23)4-5-16(15)27-11-24-10-25-27/h1-5,8-11H,6-7H2,(H,26,28). The number of carbonyl (C=O) groups is 1. The molecule has 1 N–H and O–H groups in total. The summed E-state index contributed by atoms with van der Waals surface area (Å²) in [6.45, 7) is 0. The van der Waals surface area contributed by atoms with Crippen LogP contribution in [0, 0.1) is 0 Å². The first-order valence-corrected chi connectivity index (χ1v) is 8.81. The number of nitrogens with one attached hydrogen (secondary N) is 1. The molecule has 1 heterocycles. The Bertz CT molecular complexity index is 1030. The Morgan fingerprint density at radius 3 is 2.57 bits per heavy atom. The van der Waals surface area contributed by atoms with E-state index >= 15 is 0 Å². The van der Waals surface area contributed by atoms with Gasteiger partial charge >= 0.3 is 6.18 Å². The third kappa shape index (κ3) is 3.35. The molecule has 0 saturated heterocycles. The number of aromatic nitrogens is 3. The maximum absolute atomic E-state index is 13.2. The number of alkyl halides is 3. The highest BCUT2D eigenvalue weighted by molar-refractivity contribution is 6.30. The lowest BCUT2D eigenvalue weighted by molar-refractivity contribution is -0.137. The van der Waals surface area contributed by atoms with E-state index in [1.54, 1.807) is 24.3 Å². The van der Waals surface area contributed by atoms with E-state index < -0.39 is 17.2 Å². The lowest BCUT2D eigenvalue weighted by Gasteiger charge is -2.19. The van der Waals surface area contributed by atoms with Gasteiger partial charge in [-0.15, -0.1) is 0 Å². The smallest absolute Gasteiger partial charge is 0.323 e. The van der Waals surface area contributed by atoms with Crippen molar-refractivity contribution < 1.29 is 18.0 Å². The maximum atomic E-state index is 13.2. The Morgan fingerprint density at radius 2 is 1.96 bits per heavy atom. The molecule has 9 heteroatoms. The van der Waals surface area contributed by atoms with Gasteiger partial charge in [0, 0.05) is 5.02 Å². The zero-order valence-corrected chi connectivity index (χ0v) is 15.1. The minimum Gasteiger partial charge on any atom is -0.323 e. The number of anilines is 1. The zero-order chi connectivity index (χ0) is 19.9. The van der Waals surface area contributed by atoms with Crippen molar-refractivity contribution in [3.8, 4) is 5.69 Å². The van der Waals surface area contributed by atoms with Crippen LogP contribution >= 0.6 is 11.6 Å². The topological polar surface area (TPSA) is 59.8 Å². The van der Waals surface area contributed by atoms with Crippen LogP contribution in [0.15, 0.2) is 55.1 Å². The lowest BCUT2D eigenvalue weighted by atomic mass is 9.95. The fourth-order valence-corrected chi connectivity index (χ4v) is 3.34. The number of rotatable bonds is 4. The lowest BCUT2D eigenvalue weighted by Crippen LogP contribution is -2.28. The molecule has 0 aliphatic heterocycles. The molecule has 2 aromatic carbocycles. The summed E-state index contributed by atoms with van der Waals surface area (Å²) in [4.78, 5) is 16.8. The third-order valence-corrected chi connectivity index (χ3v) is 5.03. The Morgan fingerprint density at radius 1 is 1.18 bits per heavy atom. The number of amides is 1. The van der Waals surface area contributed by atoms with Crippen LogP contribution in [-0.2, 0) is 16.4 Å². The van der Waals surface area contributed by atoms with Crippen LogP contribution in [-0.4, -0.2) is 20.7 Å². The summed E-state index contributed by atoms with van der Waals surface area (Å²) < 4.78 is 40.8. The largest absolute Gasteiger partial charge is 0.416 e. The Hall–Kier alpha value is -2.87. The first kappa shape index (κ1) is 18.5. The monoisotopic (exact) mass is 406 g/mol. The van der Waals surface area contributed by atoms with E-state index in [1.807, 2.05) is 0 Å². The SMILES string of the molecule is O=C(Nc1cc(C(F)(F)F)ccc1-n1cncn1)C1(c2cccc(Cl)c2)CC1. The van der Waals surface area contributed by atoms with Crippen LogP contribution in [0.2, 0.25) is 5.02 Å². The molecular formula is C19H14ClF3N4O. The number of nitrogens with zero attached hydrogens (tertiary/aromatic N) is 3. The molecule has 1 fully saturated rings. The van der Waals surface area contributed by atoms with Crippen molar-refractivity contribution in [2.45, 2.75) is 24.4 Å². The fourth-order valence-electron chi connectivity index (χ4n) is 3.14. The van der Waals surface area contributed by atoms with Gasteiger partial charge < -0.3 is 5.32 Å². The number of hydrogen-bond donors (Lipinski definition) is 1. The minimum atomic E-state index is -4.54. The van der Waals surface area contributed by atoms with Gasteiger partial charge in [-0.3, -0.25) is 4.79 Å². The van der Waals surface area contributed by atoms with Crippen LogP contribution in [0.5, 0.6) is 0 Å². The highest BCUT2D eigenvalue weighted by atomic mass is 35.5. The fraction of sp³-hybridized carbons (Fsp3) is 0.211. The molecule has 144 valence electrons. The molecule has 0 unspecified atom stereocenters. The molecule has 1 aromatic heterocycles. The number of carbonyl (C=O) groups excluding carboxylic acids is 1. The van der Waals surface area contributed by atoms with E-state index in [9.17, 15) is 18.0 Å². The van der Waals surface area contributed by atoms with E-state index in [2.05, 4.69) is 15.4 Å². The molecule has 1 aliphatic carbocycles. The number of benzene rings is 2. The summed E-state index contributed by atoms with van der Waals surface area (Å²) in [7, 11) is 0. The van der Waals surface area contributed by atoms with E-state index in [0.717, 1.165) is 17.7 Å². The molecule has 3 aromatic rings. The van der Waals surface area contributed by atoms with Gasteiger partial charge in [0.25, 0.3) is 0 Å². The predicted octanol–water partition coefficient (Wildman–Crippen LogP) is 4.61. The summed E-state index contributed by atoms with van der Waals surface area (Å²) in [6, 6.07) is 10.1. The molecule has 0 spiro atoms. The van der Waals surface area contributed by atoms with Gasteiger partial charge in [0.15, 0.2) is 0 Å². The quantitative estimate of drug-likeness (QED) is 0.688. The molecule has 5 nitrogen and oxygen atoms in total. The first-order valence-electron chi connectivity index (χ1n) is 8.43. The van der Waals surface area contributed by atoms with E-state index in [0.29, 0.717) is 23.6 Å². The van der Waals surface area contributed by atoms with Gasteiger partial charge in [-0.2, -0.15) is 18.3 Å². The maximum Gasteiger partial charge on any atom is 0.416 e. The van der Waals surface area contributed by atoms with Crippen LogP contribution in [0.3, 0.4) is 0 Å². The van der Waals surface area contributed by atoms with Crippen molar-refractivity contribution in [3.63, 3.8) is 0 Å². The summed E-state index contributed by atoms with van der Waals surface area (Å²) in [5.41, 5.74) is -0.607. The first-order chi connectivity index (χ1) is 13.3. The van der Waals surface area contributed by atoms with Gasteiger partial charge in [0.1, 0.15) is 12.7 Å². The Balaban J connectivity index is 1.71. The predicted molar refractivity (Wildman–Crippen MR) is 97.4 cm³/mol. The second kappa shape index (κ2) is 6.63. The van der Waals surface area contributed by atoms with Crippen LogP contribution in [0.1, 0.15) is 24.0 Å². The van der Waals surface area contributed by atoms with Crippen LogP contribution in [0.4, 0.5) is 18.9 Å². The molecule has 0 radical (unpaired) electrons. The molecule has 1 amide bonds. The van der Waals surface area contributed by atoms with Gasteiger partial charge in [-0.1, -0.05) is 23.7 Å². The molecule has 0 atom stereocenters. The van der Waals surface area contributed by atoms with Gasteiger partial charge in [-0.05, 0) is 48.7 Å². The van der Waals surface area contributed by atoms with Crippen molar-refractivity contribution in [2.24, 2.45) is 0 Å². The molecular weight excluding hydrogens is 393 g/mol. The number of hydrogen-bond acceptors (Lipinski definition) is 3. The summed E-state index contributed by atoms with van der Waals surface area (Å²) in [6.07, 6.45) is -0.738. The summed E-state index contributed by atoms with van der Waals surface area (Å²) >= 11 is 6.03. The molecule has 1 saturated carbocycles. The average Bonchev–Trinajstić information content (AvgIpc) is 3.29. The second-order valence-electron chi connectivity index (χ2n) is 6.62. The Labute approximate surface area is 163 Å². The Kier molecular flexibility index (Phi) is 4.38. The summed E-state index contributed by atoms with van der Waals surface area (Å²) in [5, 5.41) is 7.11. The number of halogens is 4. The van der Waals surface area contributed by atoms with Crippen molar-refractivity contribution in [2.75, 3.05) is 5.32 Å². The van der Waals surface area contributed by atoms with E-state index in [-0.39, 0.29) is 11.6 Å². The highest BCUT2D eigenvalue weighted by Crippen LogP contribution is 2.49. The van der Waals surface area contributed by atoms with E-state index in [1.165, 1.54) is 23.4 Å². The van der Waals surface area contributed by atoms with Crippen molar-refractivity contribution in [1.82, 2.24) is 14.8 Å². The minimum absolute atomic E-state index is 0.0126. The van der Waals surface area contributed by atoms with Crippen molar-refractivity contribution >= 4 is 23.2 Å². The summed E-state index contributed by atoms with van der Waals surface area (Å²) in [5.74, 6) is -0.379. The van der Waals surface area contributed by atoms with E-state index in [4.69, 9.17) is 11.6 Å². The molecule has 0 bridgehead atoms. The van der Waals surface area contributed by atoms with Gasteiger partial charge in [-0.25, -0.2) is 9.67 Å². The van der Waals surface area contributed by atoms with Gasteiger partial charge in [0.2, 0.25) is 5.91 Å². The van der Waals surface area contributed by atoms with Crippen molar-refractivity contribution in [1.29, 1.82) is 0 Å². The molecule has 1 aliphatic rings. The molecule has 4 rings (SSSR count). The molecule has 28 heavy (non-hydrogen) atoms. The third-order valence-electron chi connectivity index (χ3n) is 4.80. The van der Waals surface area contributed by atoms with Crippen molar-refractivity contribution in [3.05, 3.63) is 71.3 Å². The average molecular weight is 407 g/mol. The zero-order valence-electron chi connectivity index (χ0n) is 14.4. The van der Waals surface area contributed by atoms with Gasteiger partial charge in [0.05, 0.1) is 22.4 Å². The highest BCUT2D eigenvalue weighted by Gasteiger charge is 2.51. The normalized spacial score (nSPS) is 15.3. The second-order valence-corrected chi connectivity index (χ2v) is 7.05.